The number of carbonyl (C=O) groups is 1. The number of carbonyl (C=O) groups excluding carboxylic acids is 1. The summed E-state index contributed by atoms with van der Waals surface area (Å²) in [5, 5.41) is 2.87. The molecule has 120 valence electrons. The number of nitrogens with one attached hydrogen (secondary N) is 1. The lowest BCUT2D eigenvalue weighted by Crippen LogP contribution is -2.41. The van der Waals surface area contributed by atoms with Crippen LogP contribution in [-0.4, -0.2) is 25.1 Å². The van der Waals surface area contributed by atoms with E-state index in [1.807, 2.05) is 31.2 Å². The van der Waals surface area contributed by atoms with Crippen molar-refractivity contribution in [3.63, 3.8) is 0 Å². The van der Waals surface area contributed by atoms with Gasteiger partial charge >= 0.3 is 0 Å². The van der Waals surface area contributed by atoms with Crippen LogP contribution in [0.25, 0.3) is 0 Å². The minimum absolute atomic E-state index is 0. The second kappa shape index (κ2) is 11.4. The first-order chi connectivity index (χ1) is 9.67. The van der Waals surface area contributed by atoms with Crippen molar-refractivity contribution in [3.8, 4) is 5.75 Å². The van der Waals surface area contributed by atoms with Crippen LogP contribution in [0.3, 0.4) is 0 Å². The van der Waals surface area contributed by atoms with Crippen molar-refractivity contribution in [1.82, 2.24) is 5.32 Å². The summed E-state index contributed by atoms with van der Waals surface area (Å²) in [5.74, 6) is 0.823. The molecule has 0 spiro atoms. The van der Waals surface area contributed by atoms with E-state index in [0.717, 1.165) is 43.6 Å². The highest BCUT2D eigenvalue weighted by molar-refractivity contribution is 5.85. The van der Waals surface area contributed by atoms with Gasteiger partial charge in [-0.25, -0.2) is 0 Å². The number of halogens is 1. The summed E-state index contributed by atoms with van der Waals surface area (Å²) in [6.45, 7) is 5.44. The molecule has 0 aromatic heterocycles. The predicted molar refractivity (Wildman–Crippen MR) is 89.1 cm³/mol. The Hall–Kier alpha value is -1.26. The molecule has 0 fully saturated rings. The smallest absolute Gasteiger partial charge is 0.236 e. The Balaban J connectivity index is 0.00000400. The summed E-state index contributed by atoms with van der Waals surface area (Å²) in [6.07, 6.45) is 3.43. The van der Waals surface area contributed by atoms with Crippen molar-refractivity contribution in [3.05, 3.63) is 29.8 Å². The quantitative estimate of drug-likeness (QED) is 0.736. The number of ether oxygens (including phenoxy) is 1. The zero-order chi connectivity index (χ0) is 14.8. The maximum absolute atomic E-state index is 11.7. The van der Waals surface area contributed by atoms with E-state index >= 15 is 0 Å². The van der Waals surface area contributed by atoms with Gasteiger partial charge in [0.1, 0.15) is 5.75 Å². The molecule has 3 N–H and O–H groups in total. The van der Waals surface area contributed by atoms with Crippen molar-refractivity contribution in [1.29, 1.82) is 0 Å². The summed E-state index contributed by atoms with van der Waals surface area (Å²) >= 11 is 0. The number of nitrogens with two attached hydrogens (primary N) is 1. The van der Waals surface area contributed by atoms with Gasteiger partial charge in [-0.1, -0.05) is 32.4 Å². The highest BCUT2D eigenvalue weighted by atomic mass is 35.5. The fourth-order valence-corrected chi connectivity index (χ4v) is 1.91. The van der Waals surface area contributed by atoms with Gasteiger partial charge in [0.05, 0.1) is 12.6 Å². The van der Waals surface area contributed by atoms with Crippen LogP contribution < -0.4 is 15.8 Å². The Bertz CT molecular complexity index is 413. The molecule has 0 aliphatic heterocycles. The Labute approximate surface area is 133 Å². The van der Waals surface area contributed by atoms with E-state index in [1.165, 1.54) is 0 Å². The topological polar surface area (TPSA) is 64.3 Å². The average molecular weight is 315 g/mol. The largest absolute Gasteiger partial charge is 0.494 e. The minimum Gasteiger partial charge on any atom is -0.494 e. The molecule has 0 bridgehead atoms. The van der Waals surface area contributed by atoms with Gasteiger partial charge < -0.3 is 15.8 Å². The van der Waals surface area contributed by atoms with Gasteiger partial charge in [-0.05, 0) is 37.0 Å². The van der Waals surface area contributed by atoms with E-state index in [2.05, 4.69) is 12.2 Å². The van der Waals surface area contributed by atoms with Gasteiger partial charge in [-0.3, -0.25) is 4.79 Å². The normalized spacial score (nSPS) is 11.4. The molecular formula is C16H27ClN2O2. The van der Waals surface area contributed by atoms with E-state index < -0.39 is 0 Å². The lowest BCUT2D eigenvalue weighted by Gasteiger charge is -2.11. The van der Waals surface area contributed by atoms with Crippen LogP contribution in [0.1, 0.15) is 38.7 Å². The number of hydrogen-bond donors (Lipinski definition) is 2. The highest BCUT2D eigenvalue weighted by Crippen LogP contribution is 2.13. The number of rotatable bonds is 9. The van der Waals surface area contributed by atoms with Crippen molar-refractivity contribution in [2.45, 2.75) is 45.6 Å². The second-order valence-electron chi connectivity index (χ2n) is 4.93. The molecule has 5 heteroatoms. The molecule has 1 unspecified atom stereocenters. The highest BCUT2D eigenvalue weighted by Gasteiger charge is 2.10. The van der Waals surface area contributed by atoms with Gasteiger partial charge in [0.2, 0.25) is 5.91 Å². The summed E-state index contributed by atoms with van der Waals surface area (Å²) in [5.41, 5.74) is 6.91. The third kappa shape index (κ3) is 7.93. The number of benzene rings is 1. The minimum atomic E-state index is -0.390. The Morgan fingerprint density at radius 3 is 2.76 bits per heavy atom. The van der Waals surface area contributed by atoms with Crippen LogP contribution in [0.2, 0.25) is 0 Å². The van der Waals surface area contributed by atoms with Crippen LogP contribution in [0.5, 0.6) is 5.75 Å². The second-order valence-corrected chi connectivity index (χ2v) is 4.93. The third-order valence-corrected chi connectivity index (χ3v) is 3.02. The zero-order valence-corrected chi connectivity index (χ0v) is 13.7. The van der Waals surface area contributed by atoms with Crippen molar-refractivity contribution in [2.75, 3.05) is 13.2 Å². The molecule has 0 radical (unpaired) electrons. The molecule has 0 heterocycles. The summed E-state index contributed by atoms with van der Waals surface area (Å²) in [7, 11) is 0. The molecule has 0 aliphatic rings. The van der Waals surface area contributed by atoms with Crippen LogP contribution >= 0.6 is 12.4 Å². The van der Waals surface area contributed by atoms with Gasteiger partial charge in [-0.15, -0.1) is 12.4 Å². The molecule has 1 atom stereocenters. The van der Waals surface area contributed by atoms with Gasteiger partial charge in [0, 0.05) is 6.54 Å². The molecule has 1 aromatic rings. The lowest BCUT2D eigenvalue weighted by atomic mass is 10.1. The van der Waals surface area contributed by atoms with Crippen molar-refractivity contribution < 1.29 is 9.53 Å². The Morgan fingerprint density at radius 1 is 1.33 bits per heavy atom. The maximum atomic E-state index is 11.7. The Morgan fingerprint density at radius 2 is 2.10 bits per heavy atom. The van der Waals surface area contributed by atoms with Gasteiger partial charge in [0.15, 0.2) is 0 Å². The molecule has 4 nitrogen and oxygen atoms in total. The Kier molecular flexibility index (Phi) is 10.7. The van der Waals surface area contributed by atoms with Gasteiger partial charge in [-0.2, -0.15) is 0 Å². The third-order valence-electron chi connectivity index (χ3n) is 3.02. The molecule has 0 aliphatic carbocycles. The number of amides is 1. The first kappa shape index (κ1) is 19.7. The predicted octanol–water partition coefficient (Wildman–Crippen LogP) is 2.68. The zero-order valence-electron chi connectivity index (χ0n) is 12.9. The summed E-state index contributed by atoms with van der Waals surface area (Å²) < 4.78 is 5.59. The first-order valence-corrected chi connectivity index (χ1v) is 7.42. The van der Waals surface area contributed by atoms with E-state index in [1.54, 1.807) is 0 Å². The molecule has 1 amide bonds. The molecule has 0 saturated heterocycles. The van der Waals surface area contributed by atoms with E-state index in [9.17, 15) is 4.79 Å². The summed E-state index contributed by atoms with van der Waals surface area (Å²) in [4.78, 5) is 11.7. The van der Waals surface area contributed by atoms with E-state index in [4.69, 9.17) is 10.5 Å². The van der Waals surface area contributed by atoms with Crippen molar-refractivity contribution >= 4 is 18.3 Å². The fraction of sp³-hybridized carbons (Fsp3) is 0.562. The average Bonchev–Trinajstić information content (AvgIpc) is 2.45. The number of hydrogen-bond acceptors (Lipinski definition) is 3. The van der Waals surface area contributed by atoms with Gasteiger partial charge in [0.25, 0.3) is 0 Å². The van der Waals surface area contributed by atoms with E-state index in [-0.39, 0.29) is 24.4 Å². The van der Waals surface area contributed by atoms with E-state index in [0.29, 0.717) is 6.54 Å². The first-order valence-electron chi connectivity index (χ1n) is 7.42. The maximum Gasteiger partial charge on any atom is 0.236 e. The standard InChI is InChI=1S/C16H26N2O2.ClH/c1-3-6-15(17)16(19)18-10-9-13-7-5-8-14(12-13)20-11-4-2;/h5,7-8,12,15H,3-4,6,9-11,17H2,1-2H3,(H,18,19);1H. The van der Waals surface area contributed by atoms with Crippen LogP contribution in [0.15, 0.2) is 24.3 Å². The molecular weight excluding hydrogens is 288 g/mol. The molecule has 1 aromatic carbocycles. The lowest BCUT2D eigenvalue weighted by molar-refractivity contribution is -0.122. The van der Waals surface area contributed by atoms with Crippen LogP contribution in [0.4, 0.5) is 0 Å². The molecule has 1 rings (SSSR count). The van der Waals surface area contributed by atoms with Crippen LogP contribution in [0, 0.1) is 0 Å². The monoisotopic (exact) mass is 314 g/mol. The fourth-order valence-electron chi connectivity index (χ4n) is 1.91. The molecule has 0 saturated carbocycles. The van der Waals surface area contributed by atoms with Crippen LogP contribution in [-0.2, 0) is 11.2 Å². The summed E-state index contributed by atoms with van der Waals surface area (Å²) in [6, 6.07) is 7.60. The SMILES string of the molecule is CCCOc1cccc(CCNC(=O)C(N)CCC)c1.Cl. The van der Waals surface area contributed by atoms with Crippen molar-refractivity contribution in [2.24, 2.45) is 5.73 Å². The molecule has 21 heavy (non-hydrogen) atoms.